The smallest absolute Gasteiger partial charge is 0.407 e. The molecule has 0 aromatic carbocycles. The molecular formula is C14H24N2O6. The van der Waals surface area contributed by atoms with Crippen LogP contribution >= 0.6 is 0 Å². The van der Waals surface area contributed by atoms with E-state index in [1.165, 1.54) is 7.11 Å². The van der Waals surface area contributed by atoms with E-state index in [2.05, 4.69) is 15.4 Å². The number of esters is 1. The first-order valence-electron chi connectivity index (χ1n) is 6.83. The molecule has 0 aromatic rings. The maximum atomic E-state index is 11.3. The molecule has 0 heterocycles. The van der Waals surface area contributed by atoms with Crippen molar-refractivity contribution in [2.75, 3.05) is 33.4 Å². The maximum absolute atomic E-state index is 11.3. The zero-order valence-corrected chi connectivity index (χ0v) is 13.4. The number of carbonyl (C=O) groups is 3. The number of hydrogen-bond donors (Lipinski definition) is 2. The number of carbonyl (C=O) groups excluding carboxylic acids is 3. The number of ether oxygens (including phenoxy) is 3. The van der Waals surface area contributed by atoms with E-state index in [4.69, 9.17) is 9.47 Å². The second-order valence-electron chi connectivity index (χ2n) is 5.19. The third-order valence-electron chi connectivity index (χ3n) is 2.03. The summed E-state index contributed by atoms with van der Waals surface area (Å²) >= 11 is 0. The molecule has 22 heavy (non-hydrogen) atoms. The Morgan fingerprint density at radius 2 is 1.59 bits per heavy atom. The van der Waals surface area contributed by atoms with Crippen LogP contribution in [0.4, 0.5) is 4.79 Å². The van der Waals surface area contributed by atoms with Gasteiger partial charge in [0.15, 0.2) is 0 Å². The van der Waals surface area contributed by atoms with Gasteiger partial charge in [-0.05, 0) is 20.8 Å². The molecular weight excluding hydrogens is 292 g/mol. The molecule has 2 N–H and O–H groups in total. The third-order valence-corrected chi connectivity index (χ3v) is 2.03. The molecule has 0 spiro atoms. The summed E-state index contributed by atoms with van der Waals surface area (Å²) in [5.74, 6) is -1.01. The highest BCUT2D eigenvalue weighted by Gasteiger charge is 2.15. The quantitative estimate of drug-likeness (QED) is 0.381. The van der Waals surface area contributed by atoms with Gasteiger partial charge in [-0.1, -0.05) is 0 Å². The number of alkyl carbamates (subject to hydrolysis) is 1. The summed E-state index contributed by atoms with van der Waals surface area (Å²) in [6.45, 7) is 6.52. The molecule has 0 fully saturated rings. The van der Waals surface area contributed by atoms with Gasteiger partial charge >= 0.3 is 12.1 Å². The van der Waals surface area contributed by atoms with Crippen molar-refractivity contribution in [3.05, 3.63) is 12.2 Å². The summed E-state index contributed by atoms with van der Waals surface area (Å²) in [7, 11) is 1.23. The minimum absolute atomic E-state index is 0.286. The van der Waals surface area contributed by atoms with Crippen LogP contribution in [0, 0.1) is 0 Å². The Bertz CT molecular complexity index is 401. The molecule has 0 saturated heterocycles. The first kappa shape index (κ1) is 19.9. The highest BCUT2D eigenvalue weighted by atomic mass is 16.6. The van der Waals surface area contributed by atoms with Crippen LogP contribution in [0.5, 0.6) is 0 Å². The van der Waals surface area contributed by atoms with Crippen LogP contribution in [0.1, 0.15) is 20.8 Å². The molecule has 0 aliphatic rings. The lowest BCUT2D eigenvalue weighted by molar-refractivity contribution is -0.135. The van der Waals surface area contributed by atoms with Crippen molar-refractivity contribution in [3.63, 3.8) is 0 Å². The van der Waals surface area contributed by atoms with E-state index in [-0.39, 0.29) is 13.2 Å². The van der Waals surface area contributed by atoms with Gasteiger partial charge in [-0.15, -0.1) is 0 Å². The van der Waals surface area contributed by atoms with E-state index < -0.39 is 23.6 Å². The minimum atomic E-state index is -0.598. The van der Waals surface area contributed by atoms with Crippen molar-refractivity contribution in [1.82, 2.24) is 10.6 Å². The second kappa shape index (κ2) is 10.6. The lowest BCUT2D eigenvalue weighted by Gasteiger charge is -2.19. The van der Waals surface area contributed by atoms with Gasteiger partial charge in [0.1, 0.15) is 5.60 Å². The molecule has 126 valence electrons. The maximum Gasteiger partial charge on any atom is 0.407 e. The van der Waals surface area contributed by atoms with Gasteiger partial charge in [-0.3, -0.25) is 4.79 Å². The van der Waals surface area contributed by atoms with Crippen molar-refractivity contribution < 1.29 is 28.6 Å². The number of amides is 2. The fourth-order valence-electron chi connectivity index (χ4n) is 1.16. The number of rotatable bonds is 8. The molecule has 0 aliphatic heterocycles. The highest BCUT2D eigenvalue weighted by Crippen LogP contribution is 2.05. The van der Waals surface area contributed by atoms with Crippen LogP contribution < -0.4 is 10.6 Å². The van der Waals surface area contributed by atoms with Crippen LogP contribution in [0.25, 0.3) is 0 Å². The van der Waals surface area contributed by atoms with Crippen molar-refractivity contribution in [1.29, 1.82) is 0 Å². The van der Waals surface area contributed by atoms with Gasteiger partial charge in [0.05, 0.1) is 20.3 Å². The van der Waals surface area contributed by atoms with Crippen LogP contribution in [0.2, 0.25) is 0 Å². The number of nitrogens with one attached hydrogen (secondary N) is 2. The Labute approximate surface area is 130 Å². The van der Waals surface area contributed by atoms with Gasteiger partial charge in [0.25, 0.3) is 0 Å². The number of hydrogen-bond acceptors (Lipinski definition) is 6. The van der Waals surface area contributed by atoms with Gasteiger partial charge in [0, 0.05) is 25.2 Å². The highest BCUT2D eigenvalue weighted by molar-refractivity contribution is 5.94. The average Bonchev–Trinajstić information content (AvgIpc) is 2.41. The molecule has 0 bridgehead atoms. The van der Waals surface area contributed by atoms with E-state index in [1.54, 1.807) is 20.8 Å². The normalized spacial score (nSPS) is 11.1. The molecule has 0 unspecified atom stereocenters. The van der Waals surface area contributed by atoms with Gasteiger partial charge in [-0.2, -0.15) is 0 Å². The summed E-state index contributed by atoms with van der Waals surface area (Å²) in [6, 6.07) is 0. The summed E-state index contributed by atoms with van der Waals surface area (Å²) in [4.78, 5) is 33.3. The lowest BCUT2D eigenvalue weighted by Crippen LogP contribution is -2.34. The van der Waals surface area contributed by atoms with Crippen LogP contribution in [0.15, 0.2) is 12.2 Å². The lowest BCUT2D eigenvalue weighted by atomic mass is 10.2. The van der Waals surface area contributed by atoms with E-state index in [1.807, 2.05) is 0 Å². The first-order valence-corrected chi connectivity index (χ1v) is 6.83. The summed E-state index contributed by atoms with van der Waals surface area (Å²) < 4.78 is 14.6. The molecule has 0 aliphatic carbocycles. The Morgan fingerprint density at radius 1 is 1.00 bits per heavy atom. The van der Waals surface area contributed by atoms with Crippen molar-refractivity contribution >= 4 is 18.0 Å². The van der Waals surface area contributed by atoms with E-state index >= 15 is 0 Å². The van der Waals surface area contributed by atoms with Crippen molar-refractivity contribution in [2.45, 2.75) is 26.4 Å². The fraction of sp³-hybridized carbons (Fsp3) is 0.643. The van der Waals surface area contributed by atoms with Gasteiger partial charge in [0.2, 0.25) is 5.91 Å². The first-order chi connectivity index (χ1) is 10.2. The molecule has 0 aromatic heterocycles. The monoisotopic (exact) mass is 316 g/mol. The van der Waals surface area contributed by atoms with E-state index in [0.29, 0.717) is 13.2 Å². The number of methoxy groups -OCH3 is 1. The van der Waals surface area contributed by atoms with E-state index in [9.17, 15) is 14.4 Å². The Kier molecular flexibility index (Phi) is 9.60. The van der Waals surface area contributed by atoms with Crippen molar-refractivity contribution in [2.24, 2.45) is 0 Å². The standard InChI is InChI=1S/C14H24N2O6/c1-14(2,3)22-13(19)16-8-10-21-9-7-15-11(17)5-6-12(18)20-4/h5-6H,7-10H2,1-4H3,(H,15,17)(H,16,19)/b6-5+. The average molecular weight is 316 g/mol. The summed E-state index contributed by atoms with van der Waals surface area (Å²) in [5, 5.41) is 5.06. The largest absolute Gasteiger partial charge is 0.466 e. The topological polar surface area (TPSA) is 103 Å². The zero-order chi connectivity index (χ0) is 17.0. The molecule has 8 nitrogen and oxygen atoms in total. The van der Waals surface area contributed by atoms with Crippen LogP contribution in [-0.4, -0.2) is 57.0 Å². The molecule has 0 atom stereocenters. The summed E-state index contributed by atoms with van der Waals surface area (Å²) in [6.07, 6.45) is 1.61. The Hall–Kier alpha value is -2.09. The third kappa shape index (κ3) is 12.9. The molecule has 2 amide bonds. The van der Waals surface area contributed by atoms with Crippen LogP contribution in [0.3, 0.4) is 0 Å². The summed E-state index contributed by atoms with van der Waals surface area (Å²) in [5.41, 5.74) is -0.535. The SMILES string of the molecule is COC(=O)/C=C/C(=O)NCCOCCNC(=O)OC(C)(C)C. The molecule has 0 rings (SSSR count). The molecule has 8 heteroatoms. The van der Waals surface area contributed by atoms with E-state index in [0.717, 1.165) is 12.2 Å². The Morgan fingerprint density at radius 3 is 2.14 bits per heavy atom. The predicted molar refractivity (Wildman–Crippen MR) is 79.2 cm³/mol. The zero-order valence-electron chi connectivity index (χ0n) is 13.4. The molecule has 0 radical (unpaired) electrons. The second-order valence-corrected chi connectivity index (χ2v) is 5.19. The van der Waals surface area contributed by atoms with Crippen LogP contribution in [-0.2, 0) is 23.8 Å². The van der Waals surface area contributed by atoms with Crippen molar-refractivity contribution in [3.8, 4) is 0 Å². The minimum Gasteiger partial charge on any atom is -0.466 e. The van der Waals surface area contributed by atoms with Gasteiger partial charge in [-0.25, -0.2) is 9.59 Å². The molecule has 0 saturated carbocycles. The van der Waals surface area contributed by atoms with Gasteiger partial charge < -0.3 is 24.8 Å². The predicted octanol–water partition coefficient (Wildman–Crippen LogP) is 0.373. The Balaban J connectivity index is 3.55. The fourth-order valence-corrected chi connectivity index (χ4v) is 1.16.